The Morgan fingerprint density at radius 1 is 1.20 bits per heavy atom. The van der Waals surface area contributed by atoms with Crippen LogP contribution in [0.5, 0.6) is 0 Å². The largest absolute Gasteiger partial charge is 0.466 e. The van der Waals surface area contributed by atoms with Crippen molar-refractivity contribution in [3.05, 3.63) is 59.5 Å². The van der Waals surface area contributed by atoms with E-state index in [1.165, 1.54) is 5.56 Å². The van der Waals surface area contributed by atoms with E-state index >= 15 is 0 Å². The van der Waals surface area contributed by atoms with Gasteiger partial charge in [-0.1, -0.05) is 37.3 Å². The Hall–Kier alpha value is -2.03. The van der Waals surface area contributed by atoms with E-state index in [-0.39, 0.29) is 17.9 Å². The summed E-state index contributed by atoms with van der Waals surface area (Å²) in [4.78, 5) is 11.8. The third-order valence-electron chi connectivity index (χ3n) is 3.93. The van der Waals surface area contributed by atoms with Gasteiger partial charge < -0.3 is 9.73 Å². The molecule has 20 heavy (non-hydrogen) atoms. The quantitative estimate of drug-likeness (QED) is 0.927. The molecule has 0 saturated carbocycles. The SMILES string of the molecule is CCc1ccc(C2CC(=O)NC2Cc2ccccc2)o1. The highest BCUT2D eigenvalue weighted by atomic mass is 16.3. The van der Waals surface area contributed by atoms with E-state index in [1.807, 2.05) is 30.3 Å². The fourth-order valence-corrected chi connectivity index (χ4v) is 2.85. The van der Waals surface area contributed by atoms with Gasteiger partial charge in [-0.15, -0.1) is 0 Å². The molecule has 1 aromatic carbocycles. The molecule has 0 aliphatic carbocycles. The summed E-state index contributed by atoms with van der Waals surface area (Å²) in [5.41, 5.74) is 1.24. The van der Waals surface area contributed by atoms with Crippen molar-refractivity contribution in [2.45, 2.75) is 38.1 Å². The van der Waals surface area contributed by atoms with Crippen molar-refractivity contribution in [2.75, 3.05) is 0 Å². The van der Waals surface area contributed by atoms with Gasteiger partial charge in [0.2, 0.25) is 5.91 Å². The molecule has 2 aromatic rings. The molecule has 2 heterocycles. The lowest BCUT2D eigenvalue weighted by Gasteiger charge is -2.17. The van der Waals surface area contributed by atoms with E-state index in [0.717, 1.165) is 24.4 Å². The zero-order valence-electron chi connectivity index (χ0n) is 11.6. The summed E-state index contributed by atoms with van der Waals surface area (Å²) in [5.74, 6) is 2.17. The Morgan fingerprint density at radius 2 is 2.00 bits per heavy atom. The molecular formula is C17H19NO2. The van der Waals surface area contributed by atoms with Crippen LogP contribution in [0.3, 0.4) is 0 Å². The molecule has 2 atom stereocenters. The summed E-state index contributed by atoms with van der Waals surface area (Å²) in [5, 5.41) is 3.08. The van der Waals surface area contributed by atoms with Crippen molar-refractivity contribution >= 4 is 5.91 Å². The predicted molar refractivity (Wildman–Crippen MR) is 77.5 cm³/mol. The van der Waals surface area contributed by atoms with Crippen LogP contribution in [0.15, 0.2) is 46.9 Å². The maximum Gasteiger partial charge on any atom is 0.221 e. The predicted octanol–water partition coefficient (Wildman–Crippen LogP) is 3.06. The summed E-state index contributed by atoms with van der Waals surface area (Å²) in [7, 11) is 0. The molecule has 1 fully saturated rings. The molecule has 0 radical (unpaired) electrons. The fraction of sp³-hybridized carbons (Fsp3) is 0.353. The van der Waals surface area contributed by atoms with E-state index in [1.54, 1.807) is 0 Å². The number of hydrogen-bond acceptors (Lipinski definition) is 2. The van der Waals surface area contributed by atoms with Gasteiger partial charge in [-0.05, 0) is 24.1 Å². The Morgan fingerprint density at radius 3 is 2.70 bits per heavy atom. The first-order valence-corrected chi connectivity index (χ1v) is 7.18. The van der Waals surface area contributed by atoms with Crippen molar-refractivity contribution in [1.29, 1.82) is 0 Å². The second kappa shape index (κ2) is 5.53. The zero-order valence-corrected chi connectivity index (χ0v) is 11.6. The fourth-order valence-electron chi connectivity index (χ4n) is 2.85. The maximum atomic E-state index is 11.8. The van der Waals surface area contributed by atoms with Gasteiger partial charge in [-0.2, -0.15) is 0 Å². The highest BCUT2D eigenvalue weighted by Crippen LogP contribution is 2.31. The van der Waals surface area contributed by atoms with Gasteiger partial charge in [0, 0.05) is 24.8 Å². The first kappa shape index (κ1) is 13.0. The van der Waals surface area contributed by atoms with Crippen molar-refractivity contribution < 1.29 is 9.21 Å². The number of aryl methyl sites for hydroxylation is 1. The molecule has 104 valence electrons. The number of carbonyl (C=O) groups is 1. The van der Waals surface area contributed by atoms with Crippen molar-refractivity contribution in [1.82, 2.24) is 5.32 Å². The molecule has 2 unspecified atom stereocenters. The molecule has 3 heteroatoms. The molecular weight excluding hydrogens is 250 g/mol. The minimum Gasteiger partial charge on any atom is -0.466 e. The van der Waals surface area contributed by atoms with Crippen LogP contribution in [0.1, 0.15) is 36.3 Å². The Kier molecular flexibility index (Phi) is 3.59. The highest BCUT2D eigenvalue weighted by Gasteiger charge is 2.35. The topological polar surface area (TPSA) is 42.2 Å². The minimum atomic E-state index is 0.116. The van der Waals surface area contributed by atoms with Gasteiger partial charge in [0.15, 0.2) is 0 Å². The summed E-state index contributed by atoms with van der Waals surface area (Å²) < 4.78 is 5.84. The van der Waals surface area contributed by atoms with Crippen LogP contribution in [0.25, 0.3) is 0 Å². The molecule has 1 saturated heterocycles. The Bertz CT molecular complexity index is 588. The number of amides is 1. The first-order chi connectivity index (χ1) is 9.76. The summed E-state index contributed by atoms with van der Waals surface area (Å²) in [6, 6.07) is 14.4. The van der Waals surface area contributed by atoms with Crippen LogP contribution in [0, 0.1) is 0 Å². The monoisotopic (exact) mass is 269 g/mol. The molecule has 1 N–H and O–H groups in total. The van der Waals surface area contributed by atoms with Gasteiger partial charge in [0.05, 0.1) is 0 Å². The Balaban J connectivity index is 1.79. The van der Waals surface area contributed by atoms with Crippen LogP contribution in [-0.2, 0) is 17.6 Å². The van der Waals surface area contributed by atoms with Crippen molar-refractivity contribution in [3.8, 4) is 0 Å². The normalized spacial score (nSPS) is 21.9. The van der Waals surface area contributed by atoms with Gasteiger partial charge >= 0.3 is 0 Å². The highest BCUT2D eigenvalue weighted by molar-refractivity contribution is 5.80. The van der Waals surface area contributed by atoms with Gasteiger partial charge in [-0.3, -0.25) is 4.79 Å². The molecule has 3 rings (SSSR count). The van der Waals surface area contributed by atoms with Gasteiger partial charge in [0.25, 0.3) is 0 Å². The Labute approximate surface area is 119 Å². The lowest BCUT2D eigenvalue weighted by molar-refractivity contribution is -0.119. The second-order valence-electron chi connectivity index (χ2n) is 5.33. The van der Waals surface area contributed by atoms with Gasteiger partial charge in [-0.25, -0.2) is 0 Å². The van der Waals surface area contributed by atoms with Crippen LogP contribution in [0.2, 0.25) is 0 Å². The van der Waals surface area contributed by atoms with Crippen LogP contribution in [0.4, 0.5) is 0 Å². The number of hydrogen-bond donors (Lipinski definition) is 1. The summed E-state index contributed by atoms with van der Waals surface area (Å²) >= 11 is 0. The first-order valence-electron chi connectivity index (χ1n) is 7.18. The number of nitrogens with one attached hydrogen (secondary N) is 1. The van der Waals surface area contributed by atoms with E-state index in [4.69, 9.17) is 4.42 Å². The smallest absolute Gasteiger partial charge is 0.221 e. The second-order valence-corrected chi connectivity index (χ2v) is 5.33. The molecule has 1 aliphatic heterocycles. The molecule has 0 spiro atoms. The number of furan rings is 1. The van der Waals surface area contributed by atoms with Crippen molar-refractivity contribution in [2.24, 2.45) is 0 Å². The minimum absolute atomic E-state index is 0.116. The summed E-state index contributed by atoms with van der Waals surface area (Å²) in [6.07, 6.45) is 2.25. The molecule has 0 bridgehead atoms. The third kappa shape index (κ3) is 2.62. The lowest BCUT2D eigenvalue weighted by atomic mass is 9.92. The van der Waals surface area contributed by atoms with E-state index < -0.39 is 0 Å². The standard InChI is InChI=1S/C17H19NO2/c1-2-13-8-9-16(20-13)14-11-17(19)18-15(14)10-12-6-4-3-5-7-12/h3-9,14-15H,2,10-11H2,1H3,(H,18,19). The summed E-state index contributed by atoms with van der Waals surface area (Å²) in [6.45, 7) is 2.07. The third-order valence-corrected chi connectivity index (χ3v) is 3.93. The molecule has 1 amide bonds. The number of carbonyl (C=O) groups excluding carboxylic acids is 1. The average molecular weight is 269 g/mol. The number of benzene rings is 1. The van der Waals surface area contributed by atoms with Gasteiger partial charge in [0.1, 0.15) is 11.5 Å². The number of rotatable bonds is 4. The van der Waals surface area contributed by atoms with Crippen molar-refractivity contribution in [3.63, 3.8) is 0 Å². The van der Waals surface area contributed by atoms with E-state index in [0.29, 0.717) is 6.42 Å². The zero-order chi connectivity index (χ0) is 13.9. The lowest BCUT2D eigenvalue weighted by Crippen LogP contribution is -2.30. The van der Waals surface area contributed by atoms with E-state index in [9.17, 15) is 4.79 Å². The molecule has 1 aliphatic rings. The average Bonchev–Trinajstić information content (AvgIpc) is 3.06. The maximum absolute atomic E-state index is 11.8. The van der Waals surface area contributed by atoms with Crippen LogP contribution >= 0.6 is 0 Å². The van der Waals surface area contributed by atoms with Crippen LogP contribution in [-0.4, -0.2) is 11.9 Å². The van der Waals surface area contributed by atoms with E-state index in [2.05, 4.69) is 24.4 Å². The molecule has 3 nitrogen and oxygen atoms in total. The van der Waals surface area contributed by atoms with Crippen LogP contribution < -0.4 is 5.32 Å². The molecule has 1 aromatic heterocycles.